The first kappa shape index (κ1) is 10.1. The SMILES string of the molecule is CCOC(=O)CSc1[c]cccc1. The van der Waals surface area contributed by atoms with Crippen LogP contribution in [0, 0.1) is 6.07 Å². The number of hydrogen-bond acceptors (Lipinski definition) is 3. The Morgan fingerprint density at radius 1 is 1.62 bits per heavy atom. The van der Waals surface area contributed by atoms with Crippen LogP contribution in [0.15, 0.2) is 29.2 Å². The third-order valence-electron chi connectivity index (χ3n) is 1.33. The van der Waals surface area contributed by atoms with Gasteiger partial charge in [-0.25, -0.2) is 0 Å². The lowest BCUT2D eigenvalue weighted by Crippen LogP contribution is -2.06. The van der Waals surface area contributed by atoms with Crippen molar-refractivity contribution in [2.45, 2.75) is 11.8 Å². The summed E-state index contributed by atoms with van der Waals surface area (Å²) in [6.45, 7) is 2.25. The predicted octanol–water partition coefficient (Wildman–Crippen LogP) is 2.14. The van der Waals surface area contributed by atoms with Crippen LogP contribution >= 0.6 is 11.8 Å². The molecule has 1 aromatic rings. The molecule has 0 amide bonds. The van der Waals surface area contributed by atoms with Crippen molar-refractivity contribution in [2.75, 3.05) is 12.4 Å². The maximum absolute atomic E-state index is 11.0. The Morgan fingerprint density at radius 2 is 2.46 bits per heavy atom. The van der Waals surface area contributed by atoms with Crippen molar-refractivity contribution < 1.29 is 9.53 Å². The molecule has 3 heteroatoms. The van der Waals surface area contributed by atoms with Crippen LogP contribution in [0.4, 0.5) is 0 Å². The molecule has 0 aliphatic heterocycles. The largest absolute Gasteiger partial charge is 0.465 e. The Balaban J connectivity index is 2.31. The van der Waals surface area contributed by atoms with Gasteiger partial charge in [0, 0.05) is 4.90 Å². The molecular weight excluding hydrogens is 184 g/mol. The van der Waals surface area contributed by atoms with Gasteiger partial charge < -0.3 is 4.74 Å². The van der Waals surface area contributed by atoms with Gasteiger partial charge in [0.05, 0.1) is 12.4 Å². The van der Waals surface area contributed by atoms with E-state index in [2.05, 4.69) is 6.07 Å². The van der Waals surface area contributed by atoms with Crippen LogP contribution in [-0.2, 0) is 9.53 Å². The van der Waals surface area contributed by atoms with E-state index in [9.17, 15) is 4.79 Å². The van der Waals surface area contributed by atoms with Gasteiger partial charge in [-0.2, -0.15) is 0 Å². The average molecular weight is 195 g/mol. The first-order valence-electron chi connectivity index (χ1n) is 4.08. The topological polar surface area (TPSA) is 26.3 Å². The van der Waals surface area contributed by atoms with Gasteiger partial charge >= 0.3 is 5.97 Å². The van der Waals surface area contributed by atoms with Crippen LogP contribution in [0.5, 0.6) is 0 Å². The number of esters is 1. The normalized spacial score (nSPS) is 9.62. The van der Waals surface area contributed by atoms with Crippen LogP contribution in [0.1, 0.15) is 6.92 Å². The van der Waals surface area contributed by atoms with Gasteiger partial charge in [0.2, 0.25) is 0 Å². The summed E-state index contributed by atoms with van der Waals surface area (Å²) in [7, 11) is 0. The fourth-order valence-electron chi connectivity index (χ4n) is 0.806. The number of carbonyl (C=O) groups is 1. The minimum atomic E-state index is -0.176. The van der Waals surface area contributed by atoms with Gasteiger partial charge in [-0.3, -0.25) is 4.79 Å². The summed E-state index contributed by atoms with van der Waals surface area (Å²) >= 11 is 1.44. The molecular formula is C10H11O2S. The lowest BCUT2D eigenvalue weighted by molar-refractivity contribution is -0.139. The van der Waals surface area contributed by atoms with E-state index in [1.54, 1.807) is 6.92 Å². The number of thioether (sulfide) groups is 1. The van der Waals surface area contributed by atoms with E-state index in [1.165, 1.54) is 11.8 Å². The average Bonchev–Trinajstić information content (AvgIpc) is 2.17. The highest BCUT2D eigenvalue weighted by Gasteiger charge is 2.01. The quantitative estimate of drug-likeness (QED) is 0.544. The fraction of sp³-hybridized carbons (Fsp3) is 0.300. The zero-order valence-electron chi connectivity index (χ0n) is 7.45. The van der Waals surface area contributed by atoms with Gasteiger partial charge in [-0.05, 0) is 19.1 Å². The summed E-state index contributed by atoms with van der Waals surface area (Å²) in [5.41, 5.74) is 0. The Kier molecular flexibility index (Phi) is 4.40. The smallest absolute Gasteiger partial charge is 0.316 e. The van der Waals surface area contributed by atoms with Crippen molar-refractivity contribution in [3.8, 4) is 0 Å². The van der Waals surface area contributed by atoms with Crippen molar-refractivity contribution in [1.82, 2.24) is 0 Å². The molecule has 0 saturated heterocycles. The fourth-order valence-corrected chi connectivity index (χ4v) is 1.49. The number of rotatable bonds is 4. The van der Waals surface area contributed by atoms with E-state index in [0.717, 1.165) is 4.90 Å². The lowest BCUT2D eigenvalue weighted by Gasteiger charge is -2.00. The predicted molar refractivity (Wildman–Crippen MR) is 52.6 cm³/mol. The molecule has 0 N–H and O–H groups in total. The molecule has 1 rings (SSSR count). The minimum Gasteiger partial charge on any atom is -0.465 e. The maximum Gasteiger partial charge on any atom is 0.316 e. The van der Waals surface area contributed by atoms with E-state index in [0.29, 0.717) is 12.4 Å². The first-order valence-corrected chi connectivity index (χ1v) is 5.06. The van der Waals surface area contributed by atoms with Gasteiger partial charge in [-0.1, -0.05) is 18.2 Å². The molecule has 0 saturated carbocycles. The van der Waals surface area contributed by atoms with Crippen LogP contribution in [0.3, 0.4) is 0 Å². The highest BCUT2D eigenvalue weighted by molar-refractivity contribution is 8.00. The Hall–Kier alpha value is -0.960. The molecule has 0 fully saturated rings. The summed E-state index contributed by atoms with van der Waals surface area (Å²) in [6.07, 6.45) is 0. The molecule has 1 radical (unpaired) electrons. The molecule has 0 unspecified atom stereocenters. The Bertz CT molecular complexity index is 259. The second kappa shape index (κ2) is 5.65. The summed E-state index contributed by atoms with van der Waals surface area (Å²) in [5, 5.41) is 0. The molecule has 0 aromatic heterocycles. The molecule has 69 valence electrons. The van der Waals surface area contributed by atoms with E-state index in [1.807, 2.05) is 24.3 Å². The Labute approximate surface area is 82.3 Å². The van der Waals surface area contributed by atoms with Crippen LogP contribution in [0.2, 0.25) is 0 Å². The molecule has 0 aliphatic rings. The lowest BCUT2D eigenvalue weighted by atomic mass is 10.4. The molecule has 0 aliphatic carbocycles. The van der Waals surface area contributed by atoms with Crippen molar-refractivity contribution in [2.24, 2.45) is 0 Å². The van der Waals surface area contributed by atoms with Crippen LogP contribution < -0.4 is 0 Å². The Morgan fingerprint density at radius 3 is 3.08 bits per heavy atom. The molecule has 0 bridgehead atoms. The second-order valence-electron chi connectivity index (χ2n) is 2.32. The second-order valence-corrected chi connectivity index (χ2v) is 3.34. The van der Waals surface area contributed by atoms with Gasteiger partial charge in [0.1, 0.15) is 0 Å². The van der Waals surface area contributed by atoms with Crippen molar-refractivity contribution in [3.05, 3.63) is 30.3 Å². The van der Waals surface area contributed by atoms with E-state index < -0.39 is 0 Å². The highest BCUT2D eigenvalue weighted by atomic mass is 32.2. The first-order chi connectivity index (χ1) is 6.33. The summed E-state index contributed by atoms with van der Waals surface area (Å²) < 4.78 is 4.79. The summed E-state index contributed by atoms with van der Waals surface area (Å²) in [4.78, 5) is 11.9. The molecule has 1 aromatic carbocycles. The van der Waals surface area contributed by atoms with Gasteiger partial charge in [-0.15, -0.1) is 11.8 Å². The third kappa shape index (κ3) is 3.99. The van der Waals surface area contributed by atoms with Gasteiger partial charge in [0.25, 0.3) is 0 Å². The molecule has 13 heavy (non-hydrogen) atoms. The molecule has 0 spiro atoms. The zero-order valence-corrected chi connectivity index (χ0v) is 8.26. The van der Waals surface area contributed by atoms with E-state index in [-0.39, 0.29) is 5.97 Å². The number of ether oxygens (including phenoxy) is 1. The third-order valence-corrected chi connectivity index (χ3v) is 2.28. The summed E-state index contributed by atoms with van der Waals surface area (Å²) in [5.74, 6) is 0.179. The standard InChI is InChI=1S/C10H11O2S/c1-2-12-10(11)8-13-9-6-4-3-5-7-9/h3-6H,2,8H2,1H3. The number of carbonyl (C=O) groups excluding carboxylic acids is 1. The molecule has 2 nitrogen and oxygen atoms in total. The van der Waals surface area contributed by atoms with Gasteiger partial charge in [0.15, 0.2) is 0 Å². The monoisotopic (exact) mass is 195 g/mol. The maximum atomic E-state index is 11.0. The minimum absolute atomic E-state index is 0.176. The number of benzene rings is 1. The van der Waals surface area contributed by atoms with Crippen LogP contribution in [-0.4, -0.2) is 18.3 Å². The van der Waals surface area contributed by atoms with Crippen molar-refractivity contribution in [1.29, 1.82) is 0 Å². The number of hydrogen-bond donors (Lipinski definition) is 0. The zero-order chi connectivity index (χ0) is 9.52. The summed E-state index contributed by atoms with van der Waals surface area (Å²) in [6, 6.07) is 10.6. The van der Waals surface area contributed by atoms with Crippen LogP contribution in [0.25, 0.3) is 0 Å². The molecule has 0 atom stereocenters. The van der Waals surface area contributed by atoms with E-state index in [4.69, 9.17) is 4.74 Å². The van der Waals surface area contributed by atoms with E-state index >= 15 is 0 Å². The highest BCUT2D eigenvalue weighted by Crippen LogP contribution is 2.15. The van der Waals surface area contributed by atoms with Crippen molar-refractivity contribution >= 4 is 17.7 Å². The molecule has 0 heterocycles. The van der Waals surface area contributed by atoms with Crippen molar-refractivity contribution in [3.63, 3.8) is 0 Å².